The van der Waals surface area contributed by atoms with E-state index in [2.05, 4.69) is 23.6 Å². The number of rotatable bonds is 4. The maximum Gasteiger partial charge on any atom is 0.176 e. The molecule has 0 radical (unpaired) electrons. The van der Waals surface area contributed by atoms with Crippen LogP contribution >= 0.6 is 0 Å². The van der Waals surface area contributed by atoms with Crippen LogP contribution < -0.4 is 4.90 Å². The summed E-state index contributed by atoms with van der Waals surface area (Å²) in [4.78, 5) is 16.7. The average molecular weight is 290 g/mol. The Morgan fingerprint density at radius 1 is 1.29 bits per heavy atom. The SMILES string of the molecule is Cc1cc(C(=O)CN2CC(C)OC(C)C2)ccc1N(C)C. The van der Waals surface area contributed by atoms with Gasteiger partial charge in [0.15, 0.2) is 5.78 Å². The zero-order valence-corrected chi connectivity index (χ0v) is 13.7. The average Bonchev–Trinajstić information content (AvgIpc) is 2.36. The molecule has 0 bridgehead atoms. The Morgan fingerprint density at radius 2 is 1.90 bits per heavy atom. The van der Waals surface area contributed by atoms with Crippen LogP contribution in [-0.2, 0) is 4.74 Å². The first-order chi connectivity index (χ1) is 9.86. The number of carbonyl (C=O) groups excluding carboxylic acids is 1. The fourth-order valence-electron chi connectivity index (χ4n) is 3.04. The van der Waals surface area contributed by atoms with Crippen LogP contribution in [0.25, 0.3) is 0 Å². The molecule has 21 heavy (non-hydrogen) atoms. The predicted octanol–water partition coefficient (Wildman–Crippen LogP) is 2.35. The van der Waals surface area contributed by atoms with E-state index in [1.54, 1.807) is 0 Å². The first kappa shape index (κ1) is 16.0. The van der Waals surface area contributed by atoms with Crippen molar-refractivity contribution >= 4 is 11.5 Å². The van der Waals surface area contributed by atoms with Crippen LogP contribution in [0.3, 0.4) is 0 Å². The Kier molecular flexibility index (Phi) is 5.01. The summed E-state index contributed by atoms with van der Waals surface area (Å²) in [6, 6.07) is 5.94. The smallest absolute Gasteiger partial charge is 0.176 e. The third-order valence-corrected chi connectivity index (χ3v) is 3.86. The summed E-state index contributed by atoms with van der Waals surface area (Å²) in [5.74, 6) is 0.185. The molecular weight excluding hydrogens is 264 g/mol. The van der Waals surface area contributed by atoms with Gasteiger partial charge in [-0.05, 0) is 44.5 Å². The van der Waals surface area contributed by atoms with E-state index < -0.39 is 0 Å². The van der Waals surface area contributed by atoms with Crippen molar-refractivity contribution in [1.29, 1.82) is 0 Å². The molecule has 0 spiro atoms. The van der Waals surface area contributed by atoms with Crippen molar-refractivity contribution in [2.75, 3.05) is 38.6 Å². The molecule has 4 nitrogen and oxygen atoms in total. The largest absolute Gasteiger partial charge is 0.377 e. The minimum atomic E-state index is 0.185. The molecule has 0 aliphatic carbocycles. The number of hydrogen-bond acceptors (Lipinski definition) is 4. The number of Topliss-reactive ketones (excluding diaryl/α,β-unsaturated/α-hetero) is 1. The number of morpholine rings is 1. The minimum absolute atomic E-state index is 0.185. The van der Waals surface area contributed by atoms with Crippen molar-refractivity contribution in [2.24, 2.45) is 0 Å². The second-order valence-electron chi connectivity index (χ2n) is 6.27. The molecule has 1 aliphatic heterocycles. The number of benzene rings is 1. The van der Waals surface area contributed by atoms with E-state index >= 15 is 0 Å². The number of anilines is 1. The zero-order valence-electron chi connectivity index (χ0n) is 13.7. The molecule has 4 heteroatoms. The van der Waals surface area contributed by atoms with Crippen LogP contribution in [0.1, 0.15) is 29.8 Å². The van der Waals surface area contributed by atoms with Crippen molar-refractivity contribution in [3.63, 3.8) is 0 Å². The molecule has 116 valence electrons. The Bertz CT molecular complexity index is 504. The molecule has 1 aromatic rings. The summed E-state index contributed by atoms with van der Waals surface area (Å²) in [6.07, 6.45) is 0.388. The first-order valence-corrected chi connectivity index (χ1v) is 7.56. The molecule has 2 atom stereocenters. The van der Waals surface area contributed by atoms with Gasteiger partial charge in [-0.1, -0.05) is 0 Å². The number of ether oxygens (including phenoxy) is 1. The van der Waals surface area contributed by atoms with Crippen molar-refractivity contribution in [1.82, 2.24) is 4.90 Å². The quantitative estimate of drug-likeness (QED) is 0.797. The van der Waals surface area contributed by atoms with E-state index in [1.165, 1.54) is 0 Å². The lowest BCUT2D eigenvalue weighted by Gasteiger charge is -2.34. The monoisotopic (exact) mass is 290 g/mol. The van der Waals surface area contributed by atoms with Gasteiger partial charge in [0.1, 0.15) is 0 Å². The Morgan fingerprint density at radius 3 is 2.43 bits per heavy atom. The van der Waals surface area contributed by atoms with Crippen LogP contribution in [0.4, 0.5) is 5.69 Å². The van der Waals surface area contributed by atoms with Gasteiger partial charge in [0, 0.05) is 38.4 Å². The molecule has 2 rings (SSSR count). The van der Waals surface area contributed by atoms with Gasteiger partial charge in [-0.15, -0.1) is 0 Å². The number of carbonyl (C=O) groups is 1. The molecule has 1 aliphatic rings. The molecule has 1 fully saturated rings. The van der Waals surface area contributed by atoms with Crippen LogP contribution in [-0.4, -0.2) is 56.6 Å². The number of aryl methyl sites for hydroxylation is 1. The molecule has 1 heterocycles. The molecule has 1 saturated heterocycles. The second kappa shape index (κ2) is 6.58. The molecule has 0 amide bonds. The van der Waals surface area contributed by atoms with Gasteiger partial charge >= 0.3 is 0 Å². The second-order valence-corrected chi connectivity index (χ2v) is 6.27. The molecule has 0 N–H and O–H groups in total. The van der Waals surface area contributed by atoms with Crippen molar-refractivity contribution in [2.45, 2.75) is 33.0 Å². The standard InChI is InChI=1S/C17H26N2O2/c1-12-8-15(6-7-16(12)18(4)5)17(20)11-19-9-13(2)21-14(3)10-19/h6-8,13-14H,9-11H2,1-5H3. The summed E-state index contributed by atoms with van der Waals surface area (Å²) < 4.78 is 5.71. The van der Waals surface area contributed by atoms with Crippen molar-refractivity contribution in [3.8, 4) is 0 Å². The lowest BCUT2D eigenvalue weighted by Crippen LogP contribution is -2.47. The Balaban J connectivity index is 2.05. The topological polar surface area (TPSA) is 32.8 Å². The van der Waals surface area contributed by atoms with Crippen LogP contribution in [0.2, 0.25) is 0 Å². The number of ketones is 1. The highest BCUT2D eigenvalue weighted by molar-refractivity contribution is 5.98. The summed E-state index contributed by atoms with van der Waals surface area (Å²) >= 11 is 0. The van der Waals surface area contributed by atoms with Gasteiger partial charge in [-0.3, -0.25) is 9.69 Å². The first-order valence-electron chi connectivity index (χ1n) is 7.56. The maximum absolute atomic E-state index is 12.5. The van der Waals surface area contributed by atoms with Gasteiger partial charge < -0.3 is 9.64 Å². The molecule has 1 aromatic carbocycles. The third-order valence-electron chi connectivity index (χ3n) is 3.86. The summed E-state index contributed by atoms with van der Waals surface area (Å²) in [6.45, 7) is 8.28. The number of hydrogen-bond donors (Lipinski definition) is 0. The fraction of sp³-hybridized carbons (Fsp3) is 0.588. The summed E-state index contributed by atoms with van der Waals surface area (Å²) in [5.41, 5.74) is 3.08. The van der Waals surface area contributed by atoms with Crippen molar-refractivity contribution < 1.29 is 9.53 Å². The van der Waals surface area contributed by atoms with E-state index in [0.717, 1.165) is 29.9 Å². The highest BCUT2D eigenvalue weighted by Crippen LogP contribution is 2.20. The normalized spacial score (nSPS) is 23.1. The highest BCUT2D eigenvalue weighted by Gasteiger charge is 2.24. The molecular formula is C17H26N2O2. The Hall–Kier alpha value is -1.39. The summed E-state index contributed by atoms with van der Waals surface area (Å²) in [7, 11) is 4.03. The fourth-order valence-corrected chi connectivity index (χ4v) is 3.04. The minimum Gasteiger partial charge on any atom is -0.377 e. The van der Waals surface area contributed by atoms with Crippen LogP contribution in [0.15, 0.2) is 18.2 Å². The highest BCUT2D eigenvalue weighted by atomic mass is 16.5. The van der Waals surface area contributed by atoms with Crippen LogP contribution in [0.5, 0.6) is 0 Å². The van der Waals surface area contributed by atoms with E-state index in [0.29, 0.717) is 6.54 Å². The molecule has 0 aromatic heterocycles. The van der Waals surface area contributed by atoms with E-state index in [1.807, 2.05) is 39.2 Å². The van der Waals surface area contributed by atoms with E-state index in [9.17, 15) is 4.79 Å². The van der Waals surface area contributed by atoms with Gasteiger partial charge in [-0.2, -0.15) is 0 Å². The summed E-state index contributed by atoms with van der Waals surface area (Å²) in [5, 5.41) is 0. The third kappa shape index (κ3) is 4.05. The predicted molar refractivity (Wildman–Crippen MR) is 86.3 cm³/mol. The van der Waals surface area contributed by atoms with Crippen LogP contribution in [0, 0.1) is 6.92 Å². The van der Waals surface area contributed by atoms with Gasteiger partial charge in [-0.25, -0.2) is 0 Å². The van der Waals surface area contributed by atoms with E-state index in [4.69, 9.17) is 4.74 Å². The lowest BCUT2D eigenvalue weighted by atomic mass is 10.0. The molecule has 2 unspecified atom stereocenters. The molecule has 0 saturated carbocycles. The van der Waals surface area contributed by atoms with Gasteiger partial charge in [0.05, 0.1) is 18.8 Å². The maximum atomic E-state index is 12.5. The van der Waals surface area contributed by atoms with Gasteiger partial charge in [0.25, 0.3) is 0 Å². The Labute approximate surface area is 127 Å². The van der Waals surface area contributed by atoms with E-state index in [-0.39, 0.29) is 18.0 Å². The van der Waals surface area contributed by atoms with Crippen molar-refractivity contribution in [3.05, 3.63) is 29.3 Å². The zero-order chi connectivity index (χ0) is 15.6. The lowest BCUT2D eigenvalue weighted by molar-refractivity contribution is -0.0652. The van der Waals surface area contributed by atoms with Gasteiger partial charge in [0.2, 0.25) is 0 Å². The number of nitrogens with zero attached hydrogens (tertiary/aromatic N) is 2.